The van der Waals surface area contributed by atoms with E-state index in [9.17, 15) is 26.3 Å². The van der Waals surface area contributed by atoms with Crippen molar-refractivity contribution >= 4 is 5.69 Å². The zero-order valence-corrected chi connectivity index (χ0v) is 8.99. The second kappa shape index (κ2) is 4.07. The average Bonchev–Trinajstić information content (AvgIpc) is 2.25. The van der Waals surface area contributed by atoms with E-state index in [2.05, 4.69) is 5.32 Å². The monoisotopic (exact) mass is 269 g/mol. The number of benzene rings is 1. The molecule has 1 N–H and O–H groups in total. The third-order valence-corrected chi connectivity index (χ3v) is 2.90. The molecule has 1 nitrogen and oxygen atoms in total. The Morgan fingerprint density at radius 2 is 1.72 bits per heavy atom. The fourth-order valence-corrected chi connectivity index (χ4v) is 2.04. The first-order chi connectivity index (χ1) is 8.19. The van der Waals surface area contributed by atoms with E-state index < -0.39 is 23.8 Å². The van der Waals surface area contributed by atoms with Gasteiger partial charge >= 0.3 is 12.4 Å². The molecule has 0 aliphatic carbocycles. The molecule has 1 aliphatic rings. The summed E-state index contributed by atoms with van der Waals surface area (Å²) in [4.78, 5) is 0. The Hall–Kier alpha value is -1.40. The third kappa shape index (κ3) is 2.39. The first-order valence-electron chi connectivity index (χ1n) is 5.21. The maximum Gasteiger partial charge on any atom is 0.416 e. The van der Waals surface area contributed by atoms with Crippen LogP contribution in [0.25, 0.3) is 0 Å². The van der Waals surface area contributed by atoms with Crippen LogP contribution in [0.1, 0.15) is 23.5 Å². The molecule has 1 heterocycles. The summed E-state index contributed by atoms with van der Waals surface area (Å²) in [7, 11) is 0. The minimum absolute atomic E-state index is 0.0124. The van der Waals surface area contributed by atoms with Gasteiger partial charge in [-0.15, -0.1) is 0 Å². The van der Waals surface area contributed by atoms with Gasteiger partial charge in [0.2, 0.25) is 0 Å². The van der Waals surface area contributed by atoms with Crippen molar-refractivity contribution in [2.75, 3.05) is 11.9 Å². The van der Waals surface area contributed by atoms with Crippen molar-refractivity contribution in [3.8, 4) is 0 Å². The number of nitrogens with one attached hydrogen (secondary N) is 1. The van der Waals surface area contributed by atoms with E-state index in [0.29, 0.717) is 6.07 Å². The van der Waals surface area contributed by atoms with Gasteiger partial charge in [0.25, 0.3) is 0 Å². The summed E-state index contributed by atoms with van der Waals surface area (Å²) >= 11 is 0. The van der Waals surface area contributed by atoms with Crippen molar-refractivity contribution in [3.63, 3.8) is 0 Å². The molecule has 0 saturated heterocycles. The second-order valence-electron chi connectivity index (χ2n) is 4.11. The number of fused-ring (bicyclic) bond motifs is 1. The van der Waals surface area contributed by atoms with Crippen LogP contribution in [-0.2, 0) is 6.18 Å². The summed E-state index contributed by atoms with van der Waals surface area (Å²) in [6.45, 7) is 0.0124. The number of hydrogen-bond donors (Lipinski definition) is 1. The van der Waals surface area contributed by atoms with E-state index in [0.717, 1.165) is 12.1 Å². The van der Waals surface area contributed by atoms with E-state index >= 15 is 0 Å². The van der Waals surface area contributed by atoms with Crippen LogP contribution in [0.3, 0.4) is 0 Å². The van der Waals surface area contributed by atoms with Gasteiger partial charge in [0.15, 0.2) is 0 Å². The van der Waals surface area contributed by atoms with E-state index in [1.807, 2.05) is 0 Å². The van der Waals surface area contributed by atoms with Gasteiger partial charge in [-0.2, -0.15) is 26.3 Å². The quantitative estimate of drug-likeness (QED) is 0.697. The van der Waals surface area contributed by atoms with Crippen molar-refractivity contribution in [2.45, 2.75) is 24.7 Å². The summed E-state index contributed by atoms with van der Waals surface area (Å²) in [5, 5.41) is 2.58. The Morgan fingerprint density at radius 1 is 1.06 bits per heavy atom. The minimum Gasteiger partial charge on any atom is -0.385 e. The fraction of sp³-hybridized carbons (Fsp3) is 0.455. The molecule has 0 aromatic heterocycles. The number of hydrogen-bond acceptors (Lipinski definition) is 1. The summed E-state index contributed by atoms with van der Waals surface area (Å²) in [6, 6.07) is 2.32. The Balaban J connectivity index is 2.43. The van der Waals surface area contributed by atoms with E-state index in [-0.39, 0.29) is 24.2 Å². The van der Waals surface area contributed by atoms with Crippen molar-refractivity contribution in [1.82, 2.24) is 0 Å². The molecule has 0 saturated carbocycles. The highest BCUT2D eigenvalue weighted by molar-refractivity contribution is 5.57. The molecule has 0 spiro atoms. The van der Waals surface area contributed by atoms with Crippen LogP contribution in [0.15, 0.2) is 18.2 Å². The lowest BCUT2D eigenvalue weighted by Crippen LogP contribution is -2.28. The minimum atomic E-state index is -4.55. The number of halogens is 6. The predicted octanol–water partition coefficient (Wildman–Crippen LogP) is 4.17. The highest BCUT2D eigenvalue weighted by Gasteiger charge is 2.43. The van der Waals surface area contributed by atoms with Gasteiger partial charge < -0.3 is 5.32 Å². The summed E-state index contributed by atoms with van der Waals surface area (Å²) in [5.74, 6) is -1.70. The Kier molecular flexibility index (Phi) is 2.95. The molecule has 0 radical (unpaired) electrons. The Bertz CT molecular complexity index is 448. The maximum atomic E-state index is 12.7. The van der Waals surface area contributed by atoms with Crippen molar-refractivity contribution < 1.29 is 26.3 Å². The lowest BCUT2D eigenvalue weighted by atomic mass is 9.89. The van der Waals surface area contributed by atoms with Gasteiger partial charge in [-0.3, -0.25) is 0 Å². The summed E-state index contributed by atoms with van der Waals surface area (Å²) in [6.07, 6.45) is -9.15. The molecule has 18 heavy (non-hydrogen) atoms. The van der Waals surface area contributed by atoms with E-state index in [1.165, 1.54) is 0 Å². The summed E-state index contributed by atoms with van der Waals surface area (Å²) in [5.41, 5.74) is -1.16. The van der Waals surface area contributed by atoms with E-state index in [4.69, 9.17) is 0 Å². The lowest BCUT2D eigenvalue weighted by molar-refractivity contribution is -0.151. The zero-order valence-electron chi connectivity index (χ0n) is 8.99. The normalized spacial score (nSPS) is 20.2. The van der Waals surface area contributed by atoms with Crippen LogP contribution in [0, 0.1) is 0 Å². The largest absolute Gasteiger partial charge is 0.416 e. The third-order valence-electron chi connectivity index (χ3n) is 2.90. The van der Waals surface area contributed by atoms with Crippen LogP contribution < -0.4 is 5.32 Å². The van der Waals surface area contributed by atoms with Crippen molar-refractivity contribution in [2.24, 2.45) is 0 Å². The van der Waals surface area contributed by atoms with Crippen molar-refractivity contribution in [1.29, 1.82) is 0 Å². The van der Waals surface area contributed by atoms with Crippen LogP contribution in [0.4, 0.5) is 32.0 Å². The van der Waals surface area contributed by atoms with Crippen LogP contribution in [0.5, 0.6) is 0 Å². The van der Waals surface area contributed by atoms with Gasteiger partial charge in [-0.05, 0) is 24.1 Å². The highest BCUT2D eigenvalue weighted by atomic mass is 19.4. The van der Waals surface area contributed by atoms with Gasteiger partial charge in [0.05, 0.1) is 11.5 Å². The predicted molar refractivity (Wildman–Crippen MR) is 53.3 cm³/mol. The highest BCUT2D eigenvalue weighted by Crippen LogP contribution is 2.44. The molecule has 2 rings (SSSR count). The summed E-state index contributed by atoms with van der Waals surface area (Å²) < 4.78 is 75.4. The number of anilines is 1. The molecule has 1 aliphatic heterocycles. The number of rotatable bonds is 0. The molecule has 0 bridgehead atoms. The fourth-order valence-electron chi connectivity index (χ4n) is 2.04. The molecule has 1 atom stereocenters. The lowest BCUT2D eigenvalue weighted by Gasteiger charge is -2.29. The van der Waals surface area contributed by atoms with Gasteiger partial charge in [-0.25, -0.2) is 0 Å². The first kappa shape index (κ1) is 13.0. The molecular formula is C11H9F6N. The van der Waals surface area contributed by atoms with Crippen LogP contribution in [-0.4, -0.2) is 12.7 Å². The second-order valence-corrected chi connectivity index (χ2v) is 4.11. The molecule has 100 valence electrons. The molecule has 1 unspecified atom stereocenters. The number of alkyl halides is 6. The topological polar surface area (TPSA) is 12.0 Å². The van der Waals surface area contributed by atoms with E-state index in [1.54, 1.807) is 0 Å². The molecule has 0 amide bonds. The molecular weight excluding hydrogens is 260 g/mol. The van der Waals surface area contributed by atoms with Crippen molar-refractivity contribution in [3.05, 3.63) is 29.3 Å². The molecule has 1 aromatic carbocycles. The molecule has 0 fully saturated rings. The molecule has 1 aromatic rings. The molecule has 7 heteroatoms. The van der Waals surface area contributed by atoms with Crippen LogP contribution >= 0.6 is 0 Å². The zero-order chi connectivity index (χ0) is 13.6. The smallest absolute Gasteiger partial charge is 0.385 e. The van der Waals surface area contributed by atoms with Gasteiger partial charge in [0, 0.05) is 12.2 Å². The first-order valence-corrected chi connectivity index (χ1v) is 5.21. The van der Waals surface area contributed by atoms with Gasteiger partial charge in [-0.1, -0.05) is 6.07 Å². The van der Waals surface area contributed by atoms with Gasteiger partial charge in [0.1, 0.15) is 0 Å². The maximum absolute atomic E-state index is 12.7. The standard InChI is InChI=1S/C11H9F6N/c12-10(13,14)6-1-2-7-8(11(15,16)17)3-4-18-9(7)5-6/h1-2,5,8,18H,3-4H2. The Morgan fingerprint density at radius 3 is 2.28 bits per heavy atom. The Labute approximate surface area is 98.8 Å². The van der Waals surface area contributed by atoms with Crippen LogP contribution in [0.2, 0.25) is 0 Å². The SMILES string of the molecule is FC(F)(F)c1ccc2c(c1)NCCC2C(F)(F)F. The average molecular weight is 269 g/mol.